The second-order valence-corrected chi connectivity index (χ2v) is 6.13. The number of aromatic nitrogens is 5. The highest BCUT2D eigenvalue weighted by Crippen LogP contribution is 2.29. The van der Waals surface area contributed by atoms with E-state index in [2.05, 4.69) is 30.5 Å². The number of methoxy groups -OCH3 is 1. The van der Waals surface area contributed by atoms with Crippen molar-refractivity contribution >= 4 is 17.5 Å². The number of nitrogens with zero attached hydrogens (tertiary/aromatic N) is 5. The third kappa shape index (κ3) is 5.41. The predicted octanol–water partition coefficient (Wildman–Crippen LogP) is 3.88. The van der Waals surface area contributed by atoms with E-state index in [0.717, 1.165) is 29.4 Å². The van der Waals surface area contributed by atoms with Crippen LogP contribution in [0.1, 0.15) is 17.1 Å². The molecule has 0 bridgehead atoms. The van der Waals surface area contributed by atoms with Crippen LogP contribution < -0.4 is 15.0 Å². The summed E-state index contributed by atoms with van der Waals surface area (Å²) >= 11 is 0. The SMILES string of the molecule is COc1ncc(N(Cc2cc(C(F)(F)F)n[nH]2)C(=O)Nc2cccc(C(F)(F)F)n2)cn1. The van der Waals surface area contributed by atoms with Crippen LogP contribution in [0, 0.1) is 0 Å². The first-order chi connectivity index (χ1) is 15.0. The summed E-state index contributed by atoms with van der Waals surface area (Å²) in [4.78, 5) is 24.6. The Balaban J connectivity index is 1.89. The number of halogens is 6. The molecule has 170 valence electrons. The average Bonchev–Trinajstić information content (AvgIpc) is 3.21. The van der Waals surface area contributed by atoms with Gasteiger partial charge in [0.25, 0.3) is 0 Å². The number of anilines is 2. The number of hydrogen-bond acceptors (Lipinski definition) is 6. The zero-order valence-corrected chi connectivity index (χ0v) is 16.0. The van der Waals surface area contributed by atoms with E-state index in [0.29, 0.717) is 12.1 Å². The number of aromatic amines is 1. The highest BCUT2D eigenvalue weighted by Gasteiger charge is 2.34. The van der Waals surface area contributed by atoms with E-state index in [1.165, 1.54) is 7.11 Å². The van der Waals surface area contributed by atoms with Crippen molar-refractivity contribution in [1.82, 2.24) is 25.1 Å². The number of pyridine rings is 1. The van der Waals surface area contributed by atoms with E-state index in [1.807, 2.05) is 0 Å². The van der Waals surface area contributed by atoms with Gasteiger partial charge in [0.15, 0.2) is 5.69 Å². The first kappa shape index (κ1) is 22.8. The summed E-state index contributed by atoms with van der Waals surface area (Å²) in [5.74, 6) is -0.426. The molecule has 9 nitrogen and oxygen atoms in total. The van der Waals surface area contributed by atoms with Gasteiger partial charge in [0.1, 0.15) is 11.5 Å². The van der Waals surface area contributed by atoms with Crippen molar-refractivity contribution in [2.75, 3.05) is 17.3 Å². The van der Waals surface area contributed by atoms with Crippen LogP contribution in [0.25, 0.3) is 0 Å². The number of H-pyrrole nitrogens is 1. The summed E-state index contributed by atoms with van der Waals surface area (Å²) in [6.45, 7) is -0.469. The van der Waals surface area contributed by atoms with Crippen molar-refractivity contribution in [3.63, 3.8) is 0 Å². The molecule has 0 aliphatic rings. The van der Waals surface area contributed by atoms with E-state index in [-0.39, 0.29) is 17.4 Å². The molecule has 3 aromatic rings. The van der Waals surface area contributed by atoms with Gasteiger partial charge in [-0.25, -0.2) is 19.7 Å². The molecular weight excluding hydrogens is 448 g/mol. The summed E-state index contributed by atoms with van der Waals surface area (Å²) in [5.41, 5.74) is -2.55. The molecule has 0 aromatic carbocycles. The maximum absolute atomic E-state index is 12.9. The Morgan fingerprint density at radius 2 is 1.75 bits per heavy atom. The highest BCUT2D eigenvalue weighted by molar-refractivity contribution is 6.00. The number of alkyl halides is 6. The molecule has 2 N–H and O–H groups in total. The summed E-state index contributed by atoms with van der Waals surface area (Å²) in [7, 11) is 1.29. The molecule has 0 atom stereocenters. The largest absolute Gasteiger partial charge is 0.467 e. The van der Waals surface area contributed by atoms with E-state index < -0.39 is 42.1 Å². The van der Waals surface area contributed by atoms with Crippen molar-refractivity contribution in [2.45, 2.75) is 18.9 Å². The van der Waals surface area contributed by atoms with Gasteiger partial charge in [-0.05, 0) is 18.2 Å². The standard InChI is InChI=1S/C17H13F6N7O2/c1-32-14-24-6-10(7-25-14)30(8-9-5-12(29-28-9)17(21,22)23)15(31)27-13-4-2-3-11(26-13)16(18,19)20/h2-7H,8H2,1H3,(H,28,29)(H,26,27,31). The van der Waals surface area contributed by atoms with Crippen LogP contribution in [0.2, 0.25) is 0 Å². The lowest BCUT2D eigenvalue weighted by molar-refractivity contribution is -0.141. The van der Waals surface area contributed by atoms with Gasteiger partial charge in [-0.15, -0.1) is 0 Å². The number of rotatable bonds is 5. The molecule has 3 heterocycles. The fourth-order valence-corrected chi connectivity index (χ4v) is 2.43. The molecule has 2 amide bonds. The smallest absolute Gasteiger partial charge is 0.435 e. The molecule has 0 radical (unpaired) electrons. The van der Waals surface area contributed by atoms with E-state index in [1.54, 1.807) is 0 Å². The topological polar surface area (TPSA) is 109 Å². The average molecular weight is 461 g/mol. The summed E-state index contributed by atoms with van der Waals surface area (Å²) < 4.78 is 81.9. The minimum absolute atomic E-state index is 0.0124. The Bertz CT molecular complexity index is 1080. The van der Waals surface area contributed by atoms with Crippen LogP contribution in [-0.2, 0) is 18.9 Å². The minimum Gasteiger partial charge on any atom is -0.467 e. The number of ether oxygens (including phenoxy) is 1. The molecule has 3 aromatic heterocycles. The van der Waals surface area contributed by atoms with E-state index >= 15 is 0 Å². The quantitative estimate of drug-likeness (QED) is 0.559. The Labute approximate surface area is 175 Å². The van der Waals surface area contributed by atoms with Gasteiger partial charge in [0.2, 0.25) is 0 Å². The lowest BCUT2D eigenvalue weighted by atomic mass is 10.3. The second-order valence-electron chi connectivity index (χ2n) is 6.13. The van der Waals surface area contributed by atoms with E-state index in [9.17, 15) is 31.1 Å². The molecule has 0 saturated heterocycles. The number of urea groups is 1. The van der Waals surface area contributed by atoms with Gasteiger partial charge in [0, 0.05) is 0 Å². The Morgan fingerprint density at radius 3 is 2.31 bits per heavy atom. The zero-order chi connectivity index (χ0) is 23.5. The first-order valence-electron chi connectivity index (χ1n) is 8.57. The number of nitrogens with one attached hydrogen (secondary N) is 2. The maximum Gasteiger partial charge on any atom is 0.435 e. The molecule has 0 saturated carbocycles. The van der Waals surface area contributed by atoms with Crippen molar-refractivity contribution in [2.24, 2.45) is 0 Å². The summed E-state index contributed by atoms with van der Waals surface area (Å²) in [5, 5.41) is 7.48. The molecule has 32 heavy (non-hydrogen) atoms. The number of hydrogen-bond donors (Lipinski definition) is 2. The Morgan fingerprint density at radius 1 is 1.09 bits per heavy atom. The van der Waals surface area contributed by atoms with Crippen LogP contribution >= 0.6 is 0 Å². The molecule has 0 aliphatic carbocycles. The number of amides is 2. The van der Waals surface area contributed by atoms with Crippen molar-refractivity contribution < 1.29 is 35.9 Å². The van der Waals surface area contributed by atoms with Gasteiger partial charge in [0.05, 0.1) is 37.4 Å². The molecule has 0 unspecified atom stereocenters. The normalized spacial score (nSPS) is 11.8. The third-order valence-electron chi connectivity index (χ3n) is 3.88. The fourth-order valence-electron chi connectivity index (χ4n) is 2.43. The van der Waals surface area contributed by atoms with Crippen molar-refractivity contribution in [3.05, 3.63) is 53.7 Å². The van der Waals surface area contributed by atoms with Crippen LogP contribution in [0.15, 0.2) is 36.7 Å². The van der Waals surface area contributed by atoms with Gasteiger partial charge < -0.3 is 4.74 Å². The fraction of sp³-hybridized carbons (Fsp3) is 0.235. The number of carbonyl (C=O) groups excluding carboxylic acids is 1. The first-order valence-corrected chi connectivity index (χ1v) is 8.57. The van der Waals surface area contributed by atoms with E-state index in [4.69, 9.17) is 4.74 Å². The van der Waals surface area contributed by atoms with Crippen molar-refractivity contribution in [3.8, 4) is 6.01 Å². The predicted molar refractivity (Wildman–Crippen MR) is 96.6 cm³/mol. The Kier molecular flexibility index (Phi) is 6.18. The Hall–Kier alpha value is -3.91. The van der Waals surface area contributed by atoms with Crippen LogP contribution in [-0.4, -0.2) is 38.3 Å². The molecule has 0 spiro atoms. The van der Waals surface area contributed by atoms with Gasteiger partial charge in [-0.1, -0.05) is 6.07 Å². The highest BCUT2D eigenvalue weighted by atomic mass is 19.4. The van der Waals surface area contributed by atoms with Gasteiger partial charge in [-0.3, -0.25) is 15.3 Å². The monoisotopic (exact) mass is 461 g/mol. The molecule has 3 rings (SSSR count). The molecule has 0 aliphatic heterocycles. The number of carbonyl (C=O) groups is 1. The van der Waals surface area contributed by atoms with Crippen molar-refractivity contribution in [1.29, 1.82) is 0 Å². The lowest BCUT2D eigenvalue weighted by Crippen LogP contribution is -2.35. The van der Waals surface area contributed by atoms with Crippen LogP contribution in [0.4, 0.5) is 42.6 Å². The zero-order valence-electron chi connectivity index (χ0n) is 16.0. The molecular formula is C17H13F6N7O2. The van der Waals surface area contributed by atoms with Gasteiger partial charge in [-0.2, -0.15) is 31.4 Å². The molecule has 0 fully saturated rings. The van der Waals surface area contributed by atoms with Crippen LogP contribution in [0.5, 0.6) is 6.01 Å². The third-order valence-corrected chi connectivity index (χ3v) is 3.88. The van der Waals surface area contributed by atoms with Crippen LogP contribution in [0.3, 0.4) is 0 Å². The maximum atomic E-state index is 12.9. The minimum atomic E-state index is -4.74. The second kappa shape index (κ2) is 8.68. The van der Waals surface area contributed by atoms with Gasteiger partial charge >= 0.3 is 24.4 Å². The lowest BCUT2D eigenvalue weighted by Gasteiger charge is -2.22. The molecule has 15 heteroatoms. The summed E-state index contributed by atoms with van der Waals surface area (Å²) in [6.07, 6.45) is -7.17. The summed E-state index contributed by atoms with van der Waals surface area (Å²) in [6, 6.07) is 2.51.